The molecule has 0 aliphatic heterocycles. The Morgan fingerprint density at radius 1 is 1.44 bits per heavy atom. The van der Waals surface area contributed by atoms with Crippen LogP contribution in [-0.2, 0) is 0 Å². The van der Waals surface area contributed by atoms with Gasteiger partial charge in [0.15, 0.2) is 0 Å². The van der Waals surface area contributed by atoms with Gasteiger partial charge in [-0.25, -0.2) is 0 Å². The molecular weight excluding hydrogens is 132 g/mol. The molecular formula is C8H11Cl. The summed E-state index contributed by atoms with van der Waals surface area (Å²) in [5.74, 6) is 0. The fraction of sp³-hybridized carbons (Fsp3) is 0.500. The number of rotatable bonds is 0. The van der Waals surface area contributed by atoms with Crippen LogP contribution in [0.1, 0.15) is 26.7 Å². The second-order valence-corrected chi connectivity index (χ2v) is 2.90. The van der Waals surface area contributed by atoms with Gasteiger partial charge in [-0.3, -0.25) is 0 Å². The molecule has 9 heavy (non-hydrogen) atoms. The van der Waals surface area contributed by atoms with Crippen molar-refractivity contribution in [1.82, 2.24) is 0 Å². The molecule has 0 heterocycles. The monoisotopic (exact) mass is 142 g/mol. The van der Waals surface area contributed by atoms with E-state index in [-0.39, 0.29) is 0 Å². The van der Waals surface area contributed by atoms with Crippen LogP contribution in [-0.4, -0.2) is 0 Å². The van der Waals surface area contributed by atoms with Gasteiger partial charge in [0.25, 0.3) is 0 Å². The van der Waals surface area contributed by atoms with Gasteiger partial charge >= 0.3 is 0 Å². The molecule has 50 valence electrons. The van der Waals surface area contributed by atoms with Crippen molar-refractivity contribution < 1.29 is 0 Å². The van der Waals surface area contributed by atoms with Crippen LogP contribution in [0.5, 0.6) is 0 Å². The molecule has 0 bridgehead atoms. The van der Waals surface area contributed by atoms with Crippen LogP contribution < -0.4 is 0 Å². The van der Waals surface area contributed by atoms with Crippen LogP contribution in [0.3, 0.4) is 0 Å². The highest BCUT2D eigenvalue weighted by Crippen LogP contribution is 2.26. The standard InChI is InChI=1S/C8H11Cl/c1-6-4-3-5-7(2)8(6)9/h4H,3,5H2,1-2H3. The Bertz CT molecular complexity index is 175. The minimum Gasteiger partial charge on any atom is -0.0841 e. The lowest BCUT2D eigenvalue weighted by atomic mass is 10.0. The first-order valence-electron chi connectivity index (χ1n) is 3.24. The summed E-state index contributed by atoms with van der Waals surface area (Å²) in [5, 5.41) is 0.973. The van der Waals surface area contributed by atoms with Crippen LogP contribution in [0.4, 0.5) is 0 Å². The smallest absolute Gasteiger partial charge is 0.0421 e. The van der Waals surface area contributed by atoms with E-state index in [0.717, 1.165) is 17.9 Å². The van der Waals surface area contributed by atoms with Gasteiger partial charge in [0.1, 0.15) is 0 Å². The lowest BCUT2D eigenvalue weighted by molar-refractivity contribution is 0.938. The van der Waals surface area contributed by atoms with Crippen molar-refractivity contribution in [2.75, 3.05) is 0 Å². The molecule has 0 saturated heterocycles. The molecule has 1 heteroatoms. The summed E-state index contributed by atoms with van der Waals surface area (Å²) in [4.78, 5) is 0. The average Bonchev–Trinajstić information content (AvgIpc) is 1.83. The Morgan fingerprint density at radius 3 is 2.56 bits per heavy atom. The second kappa shape index (κ2) is 2.57. The second-order valence-electron chi connectivity index (χ2n) is 2.52. The minimum absolute atomic E-state index is 0.973. The van der Waals surface area contributed by atoms with Crippen LogP contribution in [0.15, 0.2) is 22.3 Å². The molecule has 0 unspecified atom stereocenters. The van der Waals surface area contributed by atoms with E-state index in [1.54, 1.807) is 0 Å². The van der Waals surface area contributed by atoms with E-state index < -0.39 is 0 Å². The van der Waals surface area contributed by atoms with Crippen molar-refractivity contribution in [3.63, 3.8) is 0 Å². The topological polar surface area (TPSA) is 0 Å². The van der Waals surface area contributed by atoms with E-state index in [9.17, 15) is 0 Å². The van der Waals surface area contributed by atoms with E-state index >= 15 is 0 Å². The van der Waals surface area contributed by atoms with Crippen molar-refractivity contribution in [2.45, 2.75) is 26.7 Å². The zero-order chi connectivity index (χ0) is 6.85. The van der Waals surface area contributed by atoms with Crippen LogP contribution in [0, 0.1) is 0 Å². The summed E-state index contributed by atoms with van der Waals surface area (Å²) in [5.41, 5.74) is 2.57. The van der Waals surface area contributed by atoms with Gasteiger partial charge in [-0.1, -0.05) is 23.3 Å². The van der Waals surface area contributed by atoms with Gasteiger partial charge in [0, 0.05) is 5.03 Å². The zero-order valence-electron chi connectivity index (χ0n) is 5.87. The summed E-state index contributed by atoms with van der Waals surface area (Å²) >= 11 is 5.93. The molecule has 0 N–H and O–H groups in total. The molecule has 0 saturated carbocycles. The Morgan fingerprint density at radius 2 is 2.11 bits per heavy atom. The lowest BCUT2D eigenvalue weighted by Crippen LogP contribution is -1.90. The highest BCUT2D eigenvalue weighted by atomic mass is 35.5. The number of allylic oxidation sites excluding steroid dienone is 4. The van der Waals surface area contributed by atoms with Gasteiger partial charge in [-0.2, -0.15) is 0 Å². The molecule has 0 aromatic carbocycles. The third kappa shape index (κ3) is 1.36. The Kier molecular flexibility index (Phi) is 1.97. The van der Waals surface area contributed by atoms with Crippen molar-refractivity contribution in [1.29, 1.82) is 0 Å². The van der Waals surface area contributed by atoms with Crippen molar-refractivity contribution in [3.05, 3.63) is 22.3 Å². The maximum Gasteiger partial charge on any atom is 0.0421 e. The Balaban J connectivity index is 2.88. The van der Waals surface area contributed by atoms with E-state index in [2.05, 4.69) is 19.9 Å². The molecule has 0 nitrogen and oxygen atoms in total. The van der Waals surface area contributed by atoms with Gasteiger partial charge < -0.3 is 0 Å². The van der Waals surface area contributed by atoms with E-state index in [0.29, 0.717) is 0 Å². The summed E-state index contributed by atoms with van der Waals surface area (Å²) in [6, 6.07) is 0. The van der Waals surface area contributed by atoms with Gasteiger partial charge in [0.05, 0.1) is 0 Å². The first-order valence-corrected chi connectivity index (χ1v) is 3.62. The maximum absolute atomic E-state index is 5.93. The van der Waals surface area contributed by atoms with Crippen LogP contribution in [0.25, 0.3) is 0 Å². The predicted molar refractivity (Wildman–Crippen MR) is 41.5 cm³/mol. The molecule has 1 aliphatic rings. The summed E-state index contributed by atoms with van der Waals surface area (Å²) in [6.45, 7) is 4.16. The van der Waals surface area contributed by atoms with E-state index in [4.69, 9.17) is 11.6 Å². The summed E-state index contributed by atoms with van der Waals surface area (Å²) < 4.78 is 0. The van der Waals surface area contributed by atoms with Gasteiger partial charge in [-0.05, 0) is 32.3 Å². The highest BCUT2D eigenvalue weighted by Gasteiger charge is 2.05. The molecule has 0 spiro atoms. The number of halogens is 1. The first kappa shape index (κ1) is 6.88. The van der Waals surface area contributed by atoms with Crippen LogP contribution >= 0.6 is 11.6 Å². The third-order valence-corrected chi connectivity index (χ3v) is 2.31. The molecule has 0 aromatic heterocycles. The van der Waals surface area contributed by atoms with Crippen molar-refractivity contribution in [3.8, 4) is 0 Å². The van der Waals surface area contributed by atoms with Crippen molar-refractivity contribution in [2.24, 2.45) is 0 Å². The number of hydrogen-bond donors (Lipinski definition) is 0. The first-order chi connectivity index (χ1) is 4.22. The fourth-order valence-electron chi connectivity index (χ4n) is 1.04. The van der Waals surface area contributed by atoms with Gasteiger partial charge in [0.2, 0.25) is 0 Å². The molecule has 0 atom stereocenters. The third-order valence-electron chi connectivity index (χ3n) is 1.69. The largest absolute Gasteiger partial charge is 0.0841 e. The molecule has 0 aromatic rings. The zero-order valence-corrected chi connectivity index (χ0v) is 6.63. The normalized spacial score (nSPS) is 20.1. The van der Waals surface area contributed by atoms with Crippen molar-refractivity contribution >= 4 is 11.6 Å². The SMILES string of the molecule is CC1=CCCC(C)=C1Cl. The fourth-order valence-corrected chi connectivity index (χ4v) is 1.21. The molecule has 0 radical (unpaired) electrons. The minimum atomic E-state index is 0.973. The van der Waals surface area contributed by atoms with Crippen LogP contribution in [0.2, 0.25) is 0 Å². The molecule has 0 amide bonds. The lowest BCUT2D eigenvalue weighted by Gasteiger charge is -2.10. The highest BCUT2D eigenvalue weighted by molar-refractivity contribution is 6.32. The number of hydrogen-bond acceptors (Lipinski definition) is 0. The quantitative estimate of drug-likeness (QED) is 0.487. The molecule has 1 rings (SSSR count). The van der Waals surface area contributed by atoms with E-state index in [1.165, 1.54) is 11.1 Å². The molecule has 0 fully saturated rings. The van der Waals surface area contributed by atoms with E-state index in [1.807, 2.05) is 0 Å². The summed E-state index contributed by atoms with van der Waals surface area (Å²) in [6.07, 6.45) is 4.49. The molecule has 1 aliphatic carbocycles. The van der Waals surface area contributed by atoms with Gasteiger partial charge in [-0.15, -0.1) is 0 Å². The maximum atomic E-state index is 5.93. The summed E-state index contributed by atoms with van der Waals surface area (Å²) in [7, 11) is 0. The average molecular weight is 143 g/mol. The Hall–Kier alpha value is -0.230. The predicted octanol–water partition coefficient (Wildman–Crippen LogP) is 3.24. The Labute approximate surface area is 61.2 Å².